The predicted octanol–water partition coefficient (Wildman–Crippen LogP) is 3.09. The number of para-hydroxylation sites is 1. The van der Waals surface area contributed by atoms with Crippen LogP contribution in [0.3, 0.4) is 0 Å². The molecule has 8 heteroatoms. The molecule has 146 valence electrons. The maximum atomic E-state index is 12.5. The number of aromatic hydroxyl groups is 1. The third-order valence-corrected chi connectivity index (χ3v) is 4.98. The van der Waals surface area contributed by atoms with Gasteiger partial charge in [-0.2, -0.15) is 0 Å². The lowest BCUT2D eigenvalue weighted by Gasteiger charge is -2.24. The summed E-state index contributed by atoms with van der Waals surface area (Å²) in [5.41, 5.74) is 7.77. The van der Waals surface area contributed by atoms with Gasteiger partial charge in [-0.25, -0.2) is 0 Å². The Morgan fingerprint density at radius 2 is 1.75 bits per heavy atom. The van der Waals surface area contributed by atoms with Crippen molar-refractivity contribution in [3.63, 3.8) is 0 Å². The fourth-order valence-corrected chi connectivity index (χ4v) is 3.63. The minimum absolute atomic E-state index is 0.0996. The van der Waals surface area contributed by atoms with Gasteiger partial charge in [-0.1, -0.05) is 18.2 Å². The van der Waals surface area contributed by atoms with E-state index in [1.165, 1.54) is 11.5 Å². The first-order chi connectivity index (χ1) is 13.6. The molecule has 0 amide bonds. The van der Waals surface area contributed by atoms with E-state index in [1.54, 1.807) is 24.3 Å². The maximum Gasteiger partial charge on any atom is 0.271 e. The number of aliphatic hydroxyl groups is 1. The van der Waals surface area contributed by atoms with Crippen LogP contribution in [0.25, 0.3) is 0 Å². The third-order valence-electron chi connectivity index (χ3n) is 4.11. The first-order valence-electron chi connectivity index (χ1n) is 8.88. The molecule has 0 bridgehead atoms. The van der Waals surface area contributed by atoms with Crippen LogP contribution in [0.5, 0.6) is 5.75 Å². The van der Waals surface area contributed by atoms with Gasteiger partial charge in [-0.15, -0.1) is 0 Å². The van der Waals surface area contributed by atoms with Gasteiger partial charge in [0, 0.05) is 24.5 Å². The van der Waals surface area contributed by atoms with E-state index in [0.29, 0.717) is 30.0 Å². The summed E-state index contributed by atoms with van der Waals surface area (Å²) in [5, 5.41) is 19.1. The topological polar surface area (TPSA) is 115 Å². The Morgan fingerprint density at radius 1 is 1.07 bits per heavy atom. The fraction of sp³-hybridized carbons (Fsp3) is 0.200. The fourth-order valence-electron chi connectivity index (χ4n) is 2.74. The molecule has 0 saturated heterocycles. The number of hydrogen-bond donors (Lipinski definition) is 4. The van der Waals surface area contributed by atoms with Crippen molar-refractivity contribution in [3.05, 3.63) is 70.5 Å². The van der Waals surface area contributed by atoms with Gasteiger partial charge in [-0.3, -0.25) is 19.1 Å². The number of hydrogen-bond acceptors (Lipinski definition) is 6. The molecule has 2 aromatic carbocycles. The van der Waals surface area contributed by atoms with Crippen molar-refractivity contribution in [2.75, 3.05) is 18.1 Å². The van der Waals surface area contributed by atoms with Gasteiger partial charge >= 0.3 is 0 Å². The standard InChI is InChI=1S/C20H22N4O3S/c21-18(22-12-4-5-13-25)17-19(27)23-28-20(17)24(14-6-2-1-3-7-14)15-8-10-16(26)11-9-15/h1-3,6-11,25-26H,4-5,12-13H2,(H2,21,22)(H,23,27). The first kappa shape index (κ1) is 19.7. The summed E-state index contributed by atoms with van der Waals surface area (Å²) in [5.74, 6) is 0.319. The van der Waals surface area contributed by atoms with Crippen molar-refractivity contribution in [3.8, 4) is 5.75 Å². The number of nitrogens with two attached hydrogens (primary N) is 1. The van der Waals surface area contributed by atoms with E-state index in [9.17, 15) is 9.90 Å². The second kappa shape index (κ2) is 9.20. The van der Waals surface area contributed by atoms with Gasteiger partial charge in [0.2, 0.25) is 0 Å². The molecule has 0 spiro atoms. The molecule has 5 N–H and O–H groups in total. The zero-order chi connectivity index (χ0) is 19.9. The minimum Gasteiger partial charge on any atom is -0.508 e. The molecule has 28 heavy (non-hydrogen) atoms. The second-order valence-electron chi connectivity index (χ2n) is 6.10. The molecule has 1 heterocycles. The van der Waals surface area contributed by atoms with Crippen LogP contribution >= 0.6 is 11.5 Å². The number of aromatic amines is 1. The highest BCUT2D eigenvalue weighted by molar-refractivity contribution is 7.10. The van der Waals surface area contributed by atoms with Crippen LogP contribution in [0.4, 0.5) is 16.4 Å². The van der Waals surface area contributed by atoms with E-state index >= 15 is 0 Å². The lowest BCUT2D eigenvalue weighted by Crippen LogP contribution is -2.24. The number of benzene rings is 2. The Balaban J connectivity index is 2.07. The molecule has 1 aromatic heterocycles. The van der Waals surface area contributed by atoms with Gasteiger partial charge < -0.3 is 15.9 Å². The van der Waals surface area contributed by atoms with Crippen LogP contribution in [0.15, 0.2) is 64.4 Å². The number of aliphatic imine (C=N–C) groups is 1. The van der Waals surface area contributed by atoms with Gasteiger partial charge in [-0.05, 0) is 60.8 Å². The lowest BCUT2D eigenvalue weighted by atomic mass is 10.2. The molecule has 7 nitrogen and oxygen atoms in total. The van der Waals surface area contributed by atoms with Crippen molar-refractivity contribution >= 4 is 33.7 Å². The summed E-state index contributed by atoms with van der Waals surface area (Å²) >= 11 is 1.18. The third kappa shape index (κ3) is 4.41. The van der Waals surface area contributed by atoms with E-state index in [-0.39, 0.29) is 23.8 Å². The van der Waals surface area contributed by atoms with Gasteiger partial charge in [0.05, 0.1) is 0 Å². The van der Waals surface area contributed by atoms with Crippen molar-refractivity contribution < 1.29 is 10.2 Å². The first-order valence-corrected chi connectivity index (χ1v) is 9.70. The average Bonchev–Trinajstić information content (AvgIpc) is 3.09. The number of rotatable bonds is 8. The number of amidine groups is 1. The number of phenols is 1. The minimum atomic E-state index is -0.303. The zero-order valence-corrected chi connectivity index (χ0v) is 16.0. The predicted molar refractivity (Wildman–Crippen MR) is 113 cm³/mol. The Labute approximate surface area is 166 Å². The summed E-state index contributed by atoms with van der Waals surface area (Å²) in [6.45, 7) is 0.536. The molecule has 0 atom stereocenters. The molecule has 0 aliphatic heterocycles. The van der Waals surface area contributed by atoms with E-state index in [0.717, 1.165) is 11.4 Å². The Bertz CT molecular complexity index is 981. The van der Waals surface area contributed by atoms with Crippen molar-refractivity contribution in [2.45, 2.75) is 12.8 Å². The maximum absolute atomic E-state index is 12.5. The molecule has 0 radical (unpaired) electrons. The molecular formula is C20H22N4O3S. The van der Waals surface area contributed by atoms with Crippen molar-refractivity contribution in [1.29, 1.82) is 0 Å². The Morgan fingerprint density at radius 3 is 2.43 bits per heavy atom. The molecule has 0 saturated carbocycles. The Kier molecular flexibility index (Phi) is 6.46. The lowest BCUT2D eigenvalue weighted by molar-refractivity contribution is 0.285. The quantitative estimate of drug-likeness (QED) is 0.264. The van der Waals surface area contributed by atoms with E-state index < -0.39 is 0 Å². The van der Waals surface area contributed by atoms with Crippen LogP contribution in [-0.4, -0.2) is 33.6 Å². The number of aromatic nitrogens is 1. The van der Waals surface area contributed by atoms with Crippen LogP contribution in [0.1, 0.15) is 18.4 Å². The molecule has 0 unspecified atom stereocenters. The summed E-state index contributed by atoms with van der Waals surface area (Å²) in [4.78, 5) is 18.7. The monoisotopic (exact) mass is 398 g/mol. The van der Waals surface area contributed by atoms with Crippen molar-refractivity contribution in [1.82, 2.24) is 4.37 Å². The van der Waals surface area contributed by atoms with Gasteiger partial charge in [0.1, 0.15) is 22.1 Å². The van der Waals surface area contributed by atoms with E-state index in [4.69, 9.17) is 10.8 Å². The largest absolute Gasteiger partial charge is 0.508 e. The second-order valence-corrected chi connectivity index (χ2v) is 6.89. The summed E-state index contributed by atoms with van der Waals surface area (Å²) in [7, 11) is 0. The summed E-state index contributed by atoms with van der Waals surface area (Å²) in [6, 6.07) is 16.3. The van der Waals surface area contributed by atoms with Gasteiger partial charge in [0.25, 0.3) is 5.56 Å². The molecular weight excluding hydrogens is 376 g/mol. The number of nitrogens with zero attached hydrogens (tertiary/aromatic N) is 2. The molecule has 0 fully saturated rings. The normalized spacial score (nSPS) is 11.5. The van der Waals surface area contributed by atoms with Crippen LogP contribution < -0.4 is 16.2 Å². The van der Waals surface area contributed by atoms with Crippen molar-refractivity contribution in [2.24, 2.45) is 10.7 Å². The van der Waals surface area contributed by atoms with Crippen LogP contribution in [0, 0.1) is 0 Å². The number of H-pyrrole nitrogens is 1. The van der Waals surface area contributed by atoms with Crippen LogP contribution in [-0.2, 0) is 0 Å². The van der Waals surface area contributed by atoms with Crippen LogP contribution in [0.2, 0.25) is 0 Å². The summed E-state index contributed by atoms with van der Waals surface area (Å²) in [6.07, 6.45) is 1.32. The highest BCUT2D eigenvalue weighted by atomic mass is 32.1. The number of aliphatic hydroxyl groups excluding tert-OH is 1. The summed E-state index contributed by atoms with van der Waals surface area (Å²) < 4.78 is 2.75. The molecule has 3 rings (SSSR count). The highest BCUT2D eigenvalue weighted by Crippen LogP contribution is 2.38. The van der Waals surface area contributed by atoms with Gasteiger partial charge in [0.15, 0.2) is 0 Å². The average molecular weight is 398 g/mol. The number of unbranched alkanes of at least 4 members (excludes halogenated alkanes) is 1. The SMILES string of the molecule is NC(=NCCCCO)c1c(N(c2ccccc2)c2ccc(O)cc2)s[nH]c1=O. The molecule has 0 aliphatic carbocycles. The highest BCUT2D eigenvalue weighted by Gasteiger charge is 2.22. The van der Waals surface area contributed by atoms with E-state index in [1.807, 2.05) is 35.2 Å². The molecule has 0 aliphatic rings. The number of nitrogens with one attached hydrogen (secondary N) is 1. The zero-order valence-electron chi connectivity index (χ0n) is 15.2. The number of phenolic OH excluding ortho intramolecular Hbond substituents is 1. The molecule has 3 aromatic rings. The smallest absolute Gasteiger partial charge is 0.271 e. The Hall–Kier alpha value is -3.10. The van der Waals surface area contributed by atoms with E-state index in [2.05, 4.69) is 9.37 Å². The number of anilines is 3.